The first-order valence-corrected chi connectivity index (χ1v) is 9.14. The Hall–Kier alpha value is -3.15. The molecule has 3 aromatic rings. The monoisotopic (exact) mass is 363 g/mol. The minimum Gasteiger partial charge on any atom is -0.497 e. The maximum atomic E-state index is 5.27. The molecule has 140 valence electrons. The Morgan fingerprint density at radius 2 is 1.85 bits per heavy atom. The quantitative estimate of drug-likeness (QED) is 0.627. The van der Waals surface area contributed by atoms with Gasteiger partial charge in [-0.3, -0.25) is 0 Å². The van der Waals surface area contributed by atoms with Gasteiger partial charge in [-0.25, -0.2) is 0 Å². The first-order valence-electron chi connectivity index (χ1n) is 9.14. The second-order valence-electron chi connectivity index (χ2n) is 6.17. The van der Waals surface area contributed by atoms with Crippen LogP contribution >= 0.6 is 0 Å². The molecule has 0 aliphatic carbocycles. The molecule has 1 aromatic heterocycles. The summed E-state index contributed by atoms with van der Waals surface area (Å²) in [5.74, 6) is 2.24. The lowest BCUT2D eigenvalue weighted by molar-refractivity contribution is 0.414. The van der Waals surface area contributed by atoms with Crippen LogP contribution in [-0.2, 0) is 13.0 Å². The highest BCUT2D eigenvalue weighted by Gasteiger charge is 2.10. The minimum absolute atomic E-state index is 0.632. The third kappa shape index (κ3) is 5.41. The van der Waals surface area contributed by atoms with Gasteiger partial charge in [-0.15, -0.1) is 5.10 Å². The number of methoxy groups -OCH3 is 1. The highest BCUT2D eigenvalue weighted by Crippen LogP contribution is 2.15. The molecule has 27 heavy (non-hydrogen) atoms. The molecule has 0 fully saturated rings. The zero-order valence-corrected chi connectivity index (χ0v) is 15.8. The maximum absolute atomic E-state index is 5.27. The standard InChI is InChI=1S/C21H25N5O/c1-3-26(16-18-8-5-4-6-9-18)21-24-20(15-23-25-21)22-13-12-17-10-7-11-19(14-17)27-2/h4-11,14-15H,3,12-13,16H2,1-2H3,(H,22,24,25). The number of rotatable bonds is 9. The van der Waals surface area contributed by atoms with Crippen molar-refractivity contribution in [3.05, 3.63) is 71.9 Å². The van der Waals surface area contributed by atoms with E-state index in [1.54, 1.807) is 13.3 Å². The number of nitrogens with one attached hydrogen (secondary N) is 1. The SMILES string of the molecule is CCN(Cc1ccccc1)c1nncc(NCCc2cccc(OC)c2)n1. The first kappa shape index (κ1) is 18.6. The molecule has 0 aliphatic rings. The van der Waals surface area contributed by atoms with Crippen molar-refractivity contribution in [2.75, 3.05) is 30.4 Å². The Bertz CT molecular complexity index is 841. The van der Waals surface area contributed by atoms with Gasteiger partial charge in [0.15, 0.2) is 5.82 Å². The number of hydrogen-bond acceptors (Lipinski definition) is 6. The Balaban J connectivity index is 1.60. The smallest absolute Gasteiger partial charge is 0.247 e. The third-order valence-electron chi connectivity index (χ3n) is 4.28. The normalized spacial score (nSPS) is 10.4. The zero-order valence-electron chi connectivity index (χ0n) is 15.8. The van der Waals surface area contributed by atoms with Crippen molar-refractivity contribution in [3.63, 3.8) is 0 Å². The maximum Gasteiger partial charge on any atom is 0.247 e. The molecule has 2 aromatic carbocycles. The third-order valence-corrected chi connectivity index (χ3v) is 4.28. The number of benzene rings is 2. The summed E-state index contributed by atoms with van der Waals surface area (Å²) in [5.41, 5.74) is 2.43. The second-order valence-corrected chi connectivity index (χ2v) is 6.17. The second kappa shape index (κ2) is 9.52. The van der Waals surface area contributed by atoms with Gasteiger partial charge in [-0.2, -0.15) is 10.1 Å². The largest absolute Gasteiger partial charge is 0.497 e. The van der Waals surface area contributed by atoms with E-state index in [1.165, 1.54) is 11.1 Å². The van der Waals surface area contributed by atoms with Crippen molar-refractivity contribution in [2.24, 2.45) is 0 Å². The molecule has 1 N–H and O–H groups in total. The number of nitrogens with zero attached hydrogens (tertiary/aromatic N) is 4. The molecule has 0 radical (unpaired) electrons. The van der Waals surface area contributed by atoms with Gasteiger partial charge in [0, 0.05) is 19.6 Å². The molecular formula is C21H25N5O. The molecule has 1 heterocycles. The molecule has 6 heteroatoms. The van der Waals surface area contributed by atoms with E-state index in [1.807, 2.05) is 36.4 Å². The summed E-state index contributed by atoms with van der Waals surface area (Å²) in [4.78, 5) is 6.73. The van der Waals surface area contributed by atoms with E-state index in [-0.39, 0.29) is 0 Å². The summed E-state index contributed by atoms with van der Waals surface area (Å²) < 4.78 is 5.27. The Morgan fingerprint density at radius 1 is 1.04 bits per heavy atom. The van der Waals surface area contributed by atoms with Crippen molar-refractivity contribution in [1.29, 1.82) is 0 Å². The number of anilines is 2. The first-order chi connectivity index (χ1) is 13.3. The van der Waals surface area contributed by atoms with Crippen LogP contribution in [0.25, 0.3) is 0 Å². The fraction of sp³-hybridized carbons (Fsp3) is 0.286. The van der Waals surface area contributed by atoms with Crippen LogP contribution < -0.4 is 15.0 Å². The van der Waals surface area contributed by atoms with Crippen LogP contribution in [0.5, 0.6) is 5.75 Å². The van der Waals surface area contributed by atoms with Crippen molar-refractivity contribution < 1.29 is 4.74 Å². The van der Waals surface area contributed by atoms with Crippen LogP contribution in [0.4, 0.5) is 11.8 Å². The van der Waals surface area contributed by atoms with E-state index in [4.69, 9.17) is 4.74 Å². The molecule has 0 saturated heterocycles. The molecule has 0 amide bonds. The molecule has 0 atom stereocenters. The minimum atomic E-state index is 0.632. The topological polar surface area (TPSA) is 63.2 Å². The fourth-order valence-corrected chi connectivity index (χ4v) is 2.80. The Morgan fingerprint density at radius 3 is 2.63 bits per heavy atom. The Kier molecular flexibility index (Phi) is 6.57. The molecule has 0 unspecified atom stereocenters. The van der Waals surface area contributed by atoms with E-state index in [9.17, 15) is 0 Å². The van der Waals surface area contributed by atoms with Crippen molar-refractivity contribution in [1.82, 2.24) is 15.2 Å². The van der Waals surface area contributed by atoms with Gasteiger partial charge in [0.2, 0.25) is 5.95 Å². The van der Waals surface area contributed by atoms with Crippen LogP contribution in [0.1, 0.15) is 18.1 Å². The van der Waals surface area contributed by atoms with Crippen LogP contribution in [0.15, 0.2) is 60.8 Å². The summed E-state index contributed by atoms with van der Waals surface area (Å²) in [5, 5.41) is 11.6. The van der Waals surface area contributed by atoms with E-state index >= 15 is 0 Å². The lowest BCUT2D eigenvalue weighted by atomic mass is 10.1. The summed E-state index contributed by atoms with van der Waals surface area (Å²) in [7, 11) is 1.68. The van der Waals surface area contributed by atoms with E-state index < -0.39 is 0 Å². The lowest BCUT2D eigenvalue weighted by Crippen LogP contribution is -2.25. The average molecular weight is 363 g/mol. The fourth-order valence-electron chi connectivity index (χ4n) is 2.80. The van der Waals surface area contributed by atoms with Gasteiger partial charge in [0.1, 0.15) is 5.75 Å². The van der Waals surface area contributed by atoms with Gasteiger partial charge in [0.25, 0.3) is 0 Å². The van der Waals surface area contributed by atoms with Crippen LogP contribution in [0.3, 0.4) is 0 Å². The molecule has 0 aliphatic heterocycles. The van der Waals surface area contributed by atoms with Crippen LogP contribution in [0.2, 0.25) is 0 Å². The van der Waals surface area contributed by atoms with Gasteiger partial charge in [-0.05, 0) is 36.6 Å². The van der Waals surface area contributed by atoms with Gasteiger partial charge >= 0.3 is 0 Å². The van der Waals surface area contributed by atoms with Crippen molar-refractivity contribution in [2.45, 2.75) is 19.9 Å². The van der Waals surface area contributed by atoms with Crippen molar-refractivity contribution >= 4 is 11.8 Å². The number of ether oxygens (including phenoxy) is 1. The molecule has 6 nitrogen and oxygen atoms in total. The highest BCUT2D eigenvalue weighted by atomic mass is 16.5. The molecule has 0 bridgehead atoms. The highest BCUT2D eigenvalue weighted by molar-refractivity contribution is 5.40. The summed E-state index contributed by atoms with van der Waals surface area (Å²) in [6.07, 6.45) is 2.53. The summed E-state index contributed by atoms with van der Waals surface area (Å²) >= 11 is 0. The van der Waals surface area contributed by atoms with Gasteiger partial charge in [-0.1, -0.05) is 42.5 Å². The molecular weight excluding hydrogens is 338 g/mol. The predicted octanol–water partition coefficient (Wildman–Crippen LogP) is 3.56. The van der Waals surface area contributed by atoms with Gasteiger partial charge in [0.05, 0.1) is 13.3 Å². The Labute approximate surface area is 160 Å². The summed E-state index contributed by atoms with van der Waals surface area (Å²) in [6.45, 7) is 4.42. The zero-order chi connectivity index (χ0) is 18.9. The number of aromatic nitrogens is 3. The molecule has 3 rings (SSSR count). The summed E-state index contributed by atoms with van der Waals surface area (Å²) in [6, 6.07) is 18.4. The van der Waals surface area contributed by atoms with E-state index in [0.29, 0.717) is 5.95 Å². The van der Waals surface area contributed by atoms with E-state index in [0.717, 1.165) is 37.6 Å². The molecule has 0 spiro atoms. The average Bonchev–Trinajstić information content (AvgIpc) is 2.73. The predicted molar refractivity (Wildman–Crippen MR) is 108 cm³/mol. The lowest BCUT2D eigenvalue weighted by Gasteiger charge is -2.20. The number of hydrogen-bond donors (Lipinski definition) is 1. The van der Waals surface area contributed by atoms with Crippen LogP contribution in [-0.4, -0.2) is 35.4 Å². The van der Waals surface area contributed by atoms with Gasteiger partial charge < -0.3 is 15.0 Å². The van der Waals surface area contributed by atoms with E-state index in [2.05, 4.69) is 50.5 Å². The van der Waals surface area contributed by atoms with Crippen molar-refractivity contribution in [3.8, 4) is 5.75 Å². The molecule has 0 saturated carbocycles. The van der Waals surface area contributed by atoms with Crippen LogP contribution in [0, 0.1) is 0 Å².